The first-order valence-electron chi connectivity index (χ1n) is 7.10. The van der Waals surface area contributed by atoms with Gasteiger partial charge in [0, 0.05) is 18.1 Å². The number of ether oxygens (including phenoxy) is 2. The summed E-state index contributed by atoms with van der Waals surface area (Å²) < 4.78 is 11.0. The van der Waals surface area contributed by atoms with Crippen LogP contribution in [0.25, 0.3) is 0 Å². The van der Waals surface area contributed by atoms with Crippen molar-refractivity contribution in [2.75, 3.05) is 18.5 Å². The second-order valence-electron chi connectivity index (χ2n) is 5.89. The summed E-state index contributed by atoms with van der Waals surface area (Å²) in [5.41, 5.74) is 0.612. The smallest absolute Gasteiger partial charge is 0.227 e. The molecule has 2 aliphatic carbocycles. The molecule has 3 aliphatic rings. The van der Waals surface area contributed by atoms with Crippen molar-refractivity contribution < 1.29 is 14.3 Å². The maximum atomic E-state index is 12.3. The molecule has 2 unspecified atom stereocenters. The summed E-state index contributed by atoms with van der Waals surface area (Å²) in [6.07, 6.45) is 3.37. The van der Waals surface area contributed by atoms with E-state index in [-0.39, 0.29) is 11.8 Å². The monoisotopic (exact) mass is 293 g/mol. The number of halogens is 1. The van der Waals surface area contributed by atoms with E-state index < -0.39 is 0 Å². The zero-order chi connectivity index (χ0) is 13.7. The van der Waals surface area contributed by atoms with Gasteiger partial charge in [-0.15, -0.1) is 0 Å². The highest BCUT2D eigenvalue weighted by Crippen LogP contribution is 2.54. The van der Waals surface area contributed by atoms with E-state index >= 15 is 0 Å². The molecule has 4 nitrogen and oxygen atoms in total. The van der Waals surface area contributed by atoms with Gasteiger partial charge in [0.2, 0.25) is 5.91 Å². The van der Waals surface area contributed by atoms with Gasteiger partial charge in [0.25, 0.3) is 0 Å². The predicted octanol–water partition coefficient (Wildman–Crippen LogP) is 3.10. The summed E-state index contributed by atoms with van der Waals surface area (Å²) in [6, 6.07) is 3.46. The maximum Gasteiger partial charge on any atom is 0.227 e. The van der Waals surface area contributed by atoms with Crippen molar-refractivity contribution in [3.05, 3.63) is 17.2 Å². The lowest BCUT2D eigenvalue weighted by molar-refractivity contribution is -0.120. The molecule has 2 atom stereocenters. The zero-order valence-electron chi connectivity index (χ0n) is 11.0. The Balaban J connectivity index is 1.51. The van der Waals surface area contributed by atoms with Crippen LogP contribution in [-0.4, -0.2) is 19.1 Å². The third-order valence-corrected chi connectivity index (χ3v) is 4.82. The van der Waals surface area contributed by atoms with Gasteiger partial charge < -0.3 is 14.8 Å². The van der Waals surface area contributed by atoms with Crippen LogP contribution in [0.4, 0.5) is 5.69 Å². The molecule has 1 amide bonds. The molecule has 1 aromatic carbocycles. The molecule has 1 N–H and O–H groups in total. The number of hydrogen-bond acceptors (Lipinski definition) is 3. The summed E-state index contributed by atoms with van der Waals surface area (Å²) in [4.78, 5) is 12.3. The second-order valence-corrected chi connectivity index (χ2v) is 6.30. The van der Waals surface area contributed by atoms with Gasteiger partial charge in [0.15, 0.2) is 11.5 Å². The van der Waals surface area contributed by atoms with Gasteiger partial charge in [-0.05, 0) is 31.1 Å². The normalized spacial score (nSPS) is 29.8. The summed E-state index contributed by atoms with van der Waals surface area (Å²) >= 11 is 6.20. The summed E-state index contributed by atoms with van der Waals surface area (Å²) in [6.45, 7) is 1.05. The highest BCUT2D eigenvalue weighted by molar-refractivity contribution is 6.34. The van der Waals surface area contributed by atoms with E-state index in [1.54, 1.807) is 12.1 Å². The summed E-state index contributed by atoms with van der Waals surface area (Å²) in [7, 11) is 0. The van der Waals surface area contributed by atoms with Crippen LogP contribution in [0, 0.1) is 17.8 Å². The fourth-order valence-electron chi connectivity index (χ4n) is 3.32. The van der Waals surface area contributed by atoms with Gasteiger partial charge >= 0.3 is 0 Å². The second kappa shape index (κ2) is 4.55. The van der Waals surface area contributed by atoms with Crippen LogP contribution in [-0.2, 0) is 4.79 Å². The number of fused-ring (bicyclic) bond motifs is 2. The number of rotatable bonds is 2. The van der Waals surface area contributed by atoms with E-state index in [2.05, 4.69) is 5.32 Å². The number of nitrogens with one attached hydrogen (secondary N) is 1. The molecular weight excluding hydrogens is 278 g/mol. The summed E-state index contributed by atoms with van der Waals surface area (Å²) in [5, 5.41) is 3.43. The Bertz CT molecular complexity index is 564. The molecule has 1 aromatic rings. The predicted molar refractivity (Wildman–Crippen MR) is 75.4 cm³/mol. The molecule has 4 rings (SSSR count). The van der Waals surface area contributed by atoms with E-state index in [4.69, 9.17) is 21.1 Å². The Labute approximate surface area is 122 Å². The van der Waals surface area contributed by atoms with Crippen molar-refractivity contribution in [3.63, 3.8) is 0 Å². The topological polar surface area (TPSA) is 47.6 Å². The molecule has 2 fully saturated rings. The molecule has 1 aliphatic heterocycles. The molecule has 20 heavy (non-hydrogen) atoms. The molecule has 2 saturated carbocycles. The van der Waals surface area contributed by atoms with E-state index in [1.807, 2.05) is 0 Å². The van der Waals surface area contributed by atoms with Crippen molar-refractivity contribution in [2.24, 2.45) is 17.8 Å². The van der Waals surface area contributed by atoms with Crippen LogP contribution in [0.5, 0.6) is 11.5 Å². The first kappa shape index (κ1) is 12.3. The van der Waals surface area contributed by atoms with Gasteiger partial charge in [-0.3, -0.25) is 4.79 Å². The number of benzene rings is 1. The van der Waals surface area contributed by atoms with Crippen LogP contribution in [0.1, 0.15) is 19.3 Å². The van der Waals surface area contributed by atoms with Crippen molar-refractivity contribution in [2.45, 2.75) is 19.3 Å². The summed E-state index contributed by atoms with van der Waals surface area (Å²) in [5.74, 6) is 3.09. The van der Waals surface area contributed by atoms with Gasteiger partial charge in [-0.1, -0.05) is 11.6 Å². The fourth-order valence-corrected chi connectivity index (χ4v) is 3.52. The molecular formula is C15H16ClNO3. The molecule has 1 heterocycles. The van der Waals surface area contributed by atoms with Crippen LogP contribution in [0.3, 0.4) is 0 Å². The lowest BCUT2D eigenvalue weighted by Gasteiger charge is -2.20. The quantitative estimate of drug-likeness (QED) is 0.911. The van der Waals surface area contributed by atoms with Gasteiger partial charge in [0.05, 0.1) is 10.7 Å². The highest BCUT2D eigenvalue weighted by Gasteiger charge is 2.48. The first-order chi connectivity index (χ1) is 9.70. The number of carbonyl (C=O) groups is 1. The van der Waals surface area contributed by atoms with E-state index in [0.29, 0.717) is 35.4 Å². The van der Waals surface area contributed by atoms with Crippen molar-refractivity contribution >= 4 is 23.2 Å². The van der Waals surface area contributed by atoms with Crippen LogP contribution >= 0.6 is 11.6 Å². The Hall–Kier alpha value is -1.42. The molecule has 106 valence electrons. The van der Waals surface area contributed by atoms with Crippen molar-refractivity contribution in [3.8, 4) is 11.5 Å². The molecule has 0 aromatic heterocycles. The van der Waals surface area contributed by atoms with E-state index in [1.165, 1.54) is 6.42 Å². The minimum Gasteiger partial charge on any atom is -0.486 e. The maximum absolute atomic E-state index is 12.3. The van der Waals surface area contributed by atoms with Crippen molar-refractivity contribution in [1.82, 2.24) is 0 Å². The number of amides is 1. The minimum atomic E-state index is 0.0794. The molecule has 0 spiro atoms. The van der Waals surface area contributed by atoms with Gasteiger partial charge in [-0.2, -0.15) is 0 Å². The lowest BCUT2D eigenvalue weighted by atomic mass is 10.0. The Morgan fingerprint density at radius 3 is 2.45 bits per heavy atom. The Morgan fingerprint density at radius 2 is 1.75 bits per heavy atom. The van der Waals surface area contributed by atoms with Crippen LogP contribution in [0.15, 0.2) is 12.1 Å². The molecule has 5 heteroatoms. The van der Waals surface area contributed by atoms with Crippen LogP contribution in [0.2, 0.25) is 5.02 Å². The van der Waals surface area contributed by atoms with E-state index in [0.717, 1.165) is 24.7 Å². The van der Waals surface area contributed by atoms with Crippen LogP contribution < -0.4 is 14.8 Å². The largest absolute Gasteiger partial charge is 0.486 e. The molecule has 0 bridgehead atoms. The van der Waals surface area contributed by atoms with E-state index in [9.17, 15) is 4.79 Å². The SMILES string of the molecule is O=C(Nc1cc2c(cc1Cl)OCCO2)C1CC2CC2C1. The third kappa shape index (κ3) is 2.12. The fraction of sp³-hybridized carbons (Fsp3) is 0.533. The molecule has 0 saturated heterocycles. The standard InChI is InChI=1S/C15H16ClNO3/c16-11-6-13-14(20-2-1-19-13)7-12(11)17-15(18)10-4-8-3-9(8)5-10/h6-10H,1-5H2,(H,17,18). The van der Waals surface area contributed by atoms with Gasteiger partial charge in [0.1, 0.15) is 13.2 Å². The van der Waals surface area contributed by atoms with Crippen molar-refractivity contribution in [1.29, 1.82) is 0 Å². The minimum absolute atomic E-state index is 0.0794. The zero-order valence-corrected chi connectivity index (χ0v) is 11.8. The lowest BCUT2D eigenvalue weighted by Crippen LogP contribution is -2.22. The first-order valence-corrected chi connectivity index (χ1v) is 7.48. The molecule has 0 radical (unpaired) electrons. The Morgan fingerprint density at radius 1 is 1.10 bits per heavy atom. The third-order valence-electron chi connectivity index (χ3n) is 4.50. The average Bonchev–Trinajstić information content (AvgIpc) is 3.06. The average molecular weight is 294 g/mol. The number of anilines is 1. The highest BCUT2D eigenvalue weighted by atomic mass is 35.5. The van der Waals surface area contributed by atoms with Gasteiger partial charge in [-0.25, -0.2) is 0 Å². The number of hydrogen-bond donors (Lipinski definition) is 1. The number of carbonyl (C=O) groups excluding carboxylic acids is 1. The Kier molecular flexibility index (Phi) is 2.81.